The SMILES string of the molecule is CCNC(=O)C(C)Nc1ccc(-c2ccccc2)cc1. The van der Waals surface area contributed by atoms with Crippen LogP contribution < -0.4 is 10.6 Å². The number of hydrogen-bond donors (Lipinski definition) is 2. The first-order valence-corrected chi connectivity index (χ1v) is 6.90. The number of carbonyl (C=O) groups excluding carboxylic acids is 1. The Kier molecular flexibility index (Phi) is 4.77. The van der Waals surface area contributed by atoms with Gasteiger partial charge in [-0.25, -0.2) is 0 Å². The summed E-state index contributed by atoms with van der Waals surface area (Å²) in [7, 11) is 0. The minimum Gasteiger partial charge on any atom is -0.374 e. The molecule has 0 aliphatic rings. The topological polar surface area (TPSA) is 41.1 Å². The van der Waals surface area contributed by atoms with Crippen molar-refractivity contribution in [3.63, 3.8) is 0 Å². The monoisotopic (exact) mass is 268 g/mol. The Morgan fingerprint density at radius 3 is 2.20 bits per heavy atom. The van der Waals surface area contributed by atoms with Crippen molar-refractivity contribution in [2.24, 2.45) is 0 Å². The molecule has 0 saturated heterocycles. The Bertz CT molecular complexity index is 549. The predicted molar refractivity (Wildman–Crippen MR) is 83.6 cm³/mol. The van der Waals surface area contributed by atoms with Gasteiger partial charge in [0.25, 0.3) is 0 Å². The summed E-state index contributed by atoms with van der Waals surface area (Å²) in [6.45, 7) is 4.42. The van der Waals surface area contributed by atoms with E-state index in [-0.39, 0.29) is 11.9 Å². The number of anilines is 1. The zero-order chi connectivity index (χ0) is 14.4. The molecule has 104 valence electrons. The first kappa shape index (κ1) is 14.1. The molecule has 1 unspecified atom stereocenters. The van der Waals surface area contributed by atoms with Crippen molar-refractivity contribution in [3.8, 4) is 11.1 Å². The normalized spacial score (nSPS) is 11.7. The van der Waals surface area contributed by atoms with E-state index in [0.717, 1.165) is 5.69 Å². The van der Waals surface area contributed by atoms with E-state index in [9.17, 15) is 4.79 Å². The summed E-state index contributed by atoms with van der Waals surface area (Å²) in [4.78, 5) is 11.7. The van der Waals surface area contributed by atoms with Crippen molar-refractivity contribution in [1.82, 2.24) is 5.32 Å². The lowest BCUT2D eigenvalue weighted by Crippen LogP contribution is -2.37. The lowest BCUT2D eigenvalue weighted by Gasteiger charge is -2.15. The molecule has 2 aromatic carbocycles. The van der Waals surface area contributed by atoms with Crippen LogP contribution in [0.4, 0.5) is 5.69 Å². The molecule has 0 bridgehead atoms. The van der Waals surface area contributed by atoms with E-state index >= 15 is 0 Å². The van der Waals surface area contributed by atoms with Crippen LogP contribution in [0.1, 0.15) is 13.8 Å². The Balaban J connectivity index is 2.04. The summed E-state index contributed by atoms with van der Waals surface area (Å²) in [5.41, 5.74) is 3.31. The van der Waals surface area contributed by atoms with Crippen molar-refractivity contribution >= 4 is 11.6 Å². The highest BCUT2D eigenvalue weighted by atomic mass is 16.2. The number of hydrogen-bond acceptors (Lipinski definition) is 2. The fourth-order valence-electron chi connectivity index (χ4n) is 2.03. The number of likely N-dealkylation sites (N-methyl/N-ethyl adjacent to an activating group) is 1. The molecule has 0 spiro atoms. The first-order chi connectivity index (χ1) is 9.70. The Labute approximate surface area is 120 Å². The third kappa shape index (κ3) is 3.60. The largest absolute Gasteiger partial charge is 0.374 e. The second kappa shape index (κ2) is 6.75. The van der Waals surface area contributed by atoms with E-state index in [4.69, 9.17) is 0 Å². The summed E-state index contributed by atoms with van der Waals surface area (Å²) >= 11 is 0. The Morgan fingerprint density at radius 1 is 1.00 bits per heavy atom. The zero-order valence-electron chi connectivity index (χ0n) is 11.9. The van der Waals surface area contributed by atoms with Crippen LogP contribution in [0.3, 0.4) is 0 Å². The van der Waals surface area contributed by atoms with Crippen LogP contribution in [0.5, 0.6) is 0 Å². The van der Waals surface area contributed by atoms with Gasteiger partial charge in [0, 0.05) is 12.2 Å². The quantitative estimate of drug-likeness (QED) is 0.873. The summed E-state index contributed by atoms with van der Waals surface area (Å²) in [6, 6.07) is 18.1. The van der Waals surface area contributed by atoms with E-state index in [1.165, 1.54) is 11.1 Å². The van der Waals surface area contributed by atoms with Crippen LogP contribution in [0.25, 0.3) is 11.1 Å². The molecular formula is C17H20N2O. The number of amides is 1. The molecule has 0 aliphatic carbocycles. The maximum Gasteiger partial charge on any atom is 0.242 e. The van der Waals surface area contributed by atoms with E-state index in [1.54, 1.807) is 0 Å². The Morgan fingerprint density at radius 2 is 1.60 bits per heavy atom. The minimum atomic E-state index is -0.238. The molecule has 0 radical (unpaired) electrons. The first-order valence-electron chi connectivity index (χ1n) is 6.90. The van der Waals surface area contributed by atoms with E-state index < -0.39 is 0 Å². The number of benzene rings is 2. The fraction of sp³-hybridized carbons (Fsp3) is 0.235. The molecule has 3 nitrogen and oxygen atoms in total. The van der Waals surface area contributed by atoms with Crippen LogP contribution in [-0.2, 0) is 4.79 Å². The standard InChI is InChI=1S/C17H20N2O/c1-3-18-17(20)13(2)19-16-11-9-15(10-12-16)14-7-5-4-6-8-14/h4-13,19H,3H2,1-2H3,(H,18,20). The summed E-state index contributed by atoms with van der Waals surface area (Å²) < 4.78 is 0. The highest BCUT2D eigenvalue weighted by Crippen LogP contribution is 2.21. The zero-order valence-corrected chi connectivity index (χ0v) is 11.9. The third-order valence-electron chi connectivity index (χ3n) is 3.12. The molecule has 0 saturated carbocycles. The van der Waals surface area contributed by atoms with Crippen molar-refractivity contribution in [1.29, 1.82) is 0 Å². The van der Waals surface area contributed by atoms with Gasteiger partial charge in [-0.15, -0.1) is 0 Å². The summed E-state index contributed by atoms with van der Waals surface area (Å²) in [6.07, 6.45) is 0. The second-order valence-electron chi connectivity index (χ2n) is 4.70. The molecule has 2 N–H and O–H groups in total. The minimum absolute atomic E-state index is 0.0136. The van der Waals surface area contributed by atoms with E-state index in [0.29, 0.717) is 6.54 Å². The van der Waals surface area contributed by atoms with Gasteiger partial charge in [0.15, 0.2) is 0 Å². The molecule has 20 heavy (non-hydrogen) atoms. The van der Waals surface area contributed by atoms with Gasteiger partial charge < -0.3 is 10.6 Å². The van der Waals surface area contributed by atoms with Crippen LogP contribution in [0.2, 0.25) is 0 Å². The molecule has 0 heterocycles. The number of rotatable bonds is 5. The van der Waals surface area contributed by atoms with Gasteiger partial charge in [0.05, 0.1) is 0 Å². The lowest BCUT2D eigenvalue weighted by atomic mass is 10.1. The average molecular weight is 268 g/mol. The average Bonchev–Trinajstić information content (AvgIpc) is 2.49. The van der Waals surface area contributed by atoms with Gasteiger partial charge in [-0.2, -0.15) is 0 Å². The molecule has 0 aliphatic heterocycles. The second-order valence-corrected chi connectivity index (χ2v) is 4.70. The fourth-order valence-corrected chi connectivity index (χ4v) is 2.03. The van der Waals surface area contributed by atoms with Gasteiger partial charge in [-0.05, 0) is 37.1 Å². The smallest absolute Gasteiger partial charge is 0.242 e. The number of nitrogens with one attached hydrogen (secondary N) is 2. The van der Waals surface area contributed by atoms with Crippen LogP contribution in [0, 0.1) is 0 Å². The molecular weight excluding hydrogens is 248 g/mol. The predicted octanol–water partition coefficient (Wildman–Crippen LogP) is 3.29. The van der Waals surface area contributed by atoms with Gasteiger partial charge in [-0.3, -0.25) is 4.79 Å². The Hall–Kier alpha value is -2.29. The van der Waals surface area contributed by atoms with E-state index in [1.807, 2.05) is 44.2 Å². The van der Waals surface area contributed by atoms with Crippen molar-refractivity contribution in [2.75, 3.05) is 11.9 Å². The molecule has 3 heteroatoms. The highest BCUT2D eigenvalue weighted by molar-refractivity contribution is 5.84. The molecule has 0 fully saturated rings. The van der Waals surface area contributed by atoms with Gasteiger partial charge in [0.1, 0.15) is 6.04 Å². The summed E-state index contributed by atoms with van der Waals surface area (Å²) in [5, 5.41) is 5.99. The number of carbonyl (C=O) groups is 1. The van der Waals surface area contributed by atoms with Crippen molar-refractivity contribution < 1.29 is 4.79 Å². The molecule has 0 aromatic heterocycles. The summed E-state index contributed by atoms with van der Waals surface area (Å²) in [5.74, 6) is 0.0136. The highest BCUT2D eigenvalue weighted by Gasteiger charge is 2.10. The maximum atomic E-state index is 11.7. The van der Waals surface area contributed by atoms with Gasteiger partial charge in [-0.1, -0.05) is 42.5 Å². The molecule has 2 rings (SSSR count). The van der Waals surface area contributed by atoms with Crippen molar-refractivity contribution in [3.05, 3.63) is 54.6 Å². The lowest BCUT2D eigenvalue weighted by molar-refractivity contribution is -0.121. The van der Waals surface area contributed by atoms with Gasteiger partial charge >= 0.3 is 0 Å². The molecule has 1 atom stereocenters. The van der Waals surface area contributed by atoms with Crippen LogP contribution in [0.15, 0.2) is 54.6 Å². The maximum absolute atomic E-state index is 11.7. The van der Waals surface area contributed by atoms with Crippen LogP contribution >= 0.6 is 0 Å². The van der Waals surface area contributed by atoms with Crippen LogP contribution in [-0.4, -0.2) is 18.5 Å². The van der Waals surface area contributed by atoms with Gasteiger partial charge in [0.2, 0.25) is 5.91 Å². The third-order valence-corrected chi connectivity index (χ3v) is 3.12. The molecule has 2 aromatic rings. The van der Waals surface area contributed by atoms with E-state index in [2.05, 4.69) is 34.9 Å². The van der Waals surface area contributed by atoms with Crippen molar-refractivity contribution in [2.45, 2.75) is 19.9 Å². The molecule has 1 amide bonds.